The minimum Gasteiger partial charge on any atom is -0.385 e. The van der Waals surface area contributed by atoms with Crippen molar-refractivity contribution in [1.82, 2.24) is 15.1 Å². The Morgan fingerprint density at radius 3 is 3.00 bits per heavy atom. The van der Waals surface area contributed by atoms with E-state index < -0.39 is 0 Å². The Hall–Kier alpha value is -0.630. The second-order valence-corrected chi connectivity index (χ2v) is 4.26. The Balaban J connectivity index is 2.43. The molecule has 1 N–H and O–H groups in total. The molecule has 15 heavy (non-hydrogen) atoms. The summed E-state index contributed by atoms with van der Waals surface area (Å²) in [7, 11) is 3.44. The van der Waals surface area contributed by atoms with Crippen molar-refractivity contribution < 1.29 is 9.53 Å². The number of hydrogen-bond donors (Lipinski definition) is 1. The van der Waals surface area contributed by atoms with Gasteiger partial charge in [0.25, 0.3) is 5.91 Å². The molecule has 1 amide bonds. The van der Waals surface area contributed by atoms with Gasteiger partial charge in [-0.25, -0.2) is 0 Å². The molecule has 0 bridgehead atoms. The van der Waals surface area contributed by atoms with Gasteiger partial charge in [0.15, 0.2) is 5.69 Å². The van der Waals surface area contributed by atoms with Crippen LogP contribution in [0.3, 0.4) is 0 Å². The van der Waals surface area contributed by atoms with Gasteiger partial charge in [-0.15, -0.1) is 0 Å². The van der Waals surface area contributed by atoms with Crippen molar-refractivity contribution in [3.8, 4) is 0 Å². The van der Waals surface area contributed by atoms with Gasteiger partial charge in [0, 0.05) is 33.5 Å². The topological polar surface area (TPSA) is 56.1 Å². The highest BCUT2D eigenvalue weighted by atomic mass is 127. The monoisotopic (exact) mass is 323 g/mol. The summed E-state index contributed by atoms with van der Waals surface area (Å²) in [4.78, 5) is 11.6. The molecule has 0 radical (unpaired) electrons. The second kappa shape index (κ2) is 6.06. The lowest BCUT2D eigenvalue weighted by Gasteiger charge is -2.02. The maximum Gasteiger partial charge on any atom is 0.272 e. The quantitative estimate of drug-likeness (QED) is 0.644. The zero-order chi connectivity index (χ0) is 11.3. The van der Waals surface area contributed by atoms with E-state index in [4.69, 9.17) is 4.74 Å². The Kier molecular flexibility index (Phi) is 5.03. The fraction of sp³-hybridized carbons (Fsp3) is 0.556. The van der Waals surface area contributed by atoms with Crippen LogP contribution in [0.1, 0.15) is 16.9 Å². The third-order valence-electron chi connectivity index (χ3n) is 1.81. The highest BCUT2D eigenvalue weighted by molar-refractivity contribution is 14.1. The molecule has 0 fully saturated rings. The van der Waals surface area contributed by atoms with Gasteiger partial charge < -0.3 is 10.1 Å². The number of nitrogens with zero attached hydrogens (tertiary/aromatic N) is 2. The molecule has 1 heterocycles. The summed E-state index contributed by atoms with van der Waals surface area (Å²) in [5, 5.41) is 6.86. The number of ether oxygens (including phenoxy) is 1. The third kappa shape index (κ3) is 3.78. The van der Waals surface area contributed by atoms with E-state index >= 15 is 0 Å². The van der Waals surface area contributed by atoms with E-state index in [1.807, 2.05) is 6.20 Å². The predicted molar refractivity (Wildman–Crippen MR) is 64.8 cm³/mol. The molecule has 0 saturated heterocycles. The maximum absolute atomic E-state index is 11.6. The van der Waals surface area contributed by atoms with E-state index in [1.54, 1.807) is 18.8 Å². The zero-order valence-electron chi connectivity index (χ0n) is 8.79. The summed E-state index contributed by atoms with van der Waals surface area (Å²) in [5.74, 6) is -0.129. The maximum atomic E-state index is 11.6. The SMILES string of the molecule is COCCCNC(=O)c1nn(C)cc1I. The van der Waals surface area contributed by atoms with Gasteiger partial charge in [-0.05, 0) is 29.0 Å². The van der Waals surface area contributed by atoms with Crippen molar-refractivity contribution in [2.24, 2.45) is 7.05 Å². The van der Waals surface area contributed by atoms with Gasteiger partial charge in [-0.3, -0.25) is 9.48 Å². The first-order valence-electron chi connectivity index (χ1n) is 4.61. The molecule has 1 rings (SSSR count). The van der Waals surface area contributed by atoms with Crippen molar-refractivity contribution in [3.05, 3.63) is 15.5 Å². The van der Waals surface area contributed by atoms with Crippen LogP contribution in [0.25, 0.3) is 0 Å². The molecule has 84 valence electrons. The van der Waals surface area contributed by atoms with Crippen LogP contribution < -0.4 is 5.32 Å². The highest BCUT2D eigenvalue weighted by Gasteiger charge is 2.12. The van der Waals surface area contributed by atoms with Gasteiger partial charge in [-0.2, -0.15) is 5.10 Å². The molecular formula is C9H14IN3O2. The van der Waals surface area contributed by atoms with Gasteiger partial charge in [0.2, 0.25) is 0 Å². The molecule has 0 saturated carbocycles. The zero-order valence-corrected chi connectivity index (χ0v) is 10.9. The fourth-order valence-electron chi connectivity index (χ4n) is 1.12. The van der Waals surface area contributed by atoms with Crippen molar-refractivity contribution in [2.45, 2.75) is 6.42 Å². The number of carbonyl (C=O) groups excluding carboxylic acids is 1. The van der Waals surface area contributed by atoms with Crippen LogP contribution in [0.4, 0.5) is 0 Å². The fourth-order valence-corrected chi connectivity index (χ4v) is 1.87. The molecule has 5 nitrogen and oxygen atoms in total. The van der Waals surface area contributed by atoms with Crippen LogP contribution >= 0.6 is 22.6 Å². The van der Waals surface area contributed by atoms with E-state index in [9.17, 15) is 4.79 Å². The van der Waals surface area contributed by atoms with Gasteiger partial charge in [-0.1, -0.05) is 0 Å². The van der Waals surface area contributed by atoms with Crippen LogP contribution in [-0.4, -0.2) is 35.9 Å². The number of nitrogens with one attached hydrogen (secondary N) is 1. The summed E-state index contributed by atoms with van der Waals surface area (Å²) < 4.78 is 7.38. The van der Waals surface area contributed by atoms with Crippen LogP contribution in [0, 0.1) is 3.57 Å². The largest absolute Gasteiger partial charge is 0.385 e. The lowest BCUT2D eigenvalue weighted by atomic mass is 10.4. The molecular weight excluding hydrogens is 309 g/mol. The summed E-state index contributed by atoms with van der Waals surface area (Å²) in [6.45, 7) is 1.26. The number of aryl methyl sites for hydroxylation is 1. The molecule has 0 unspecified atom stereocenters. The summed E-state index contributed by atoms with van der Waals surface area (Å²) in [5.41, 5.74) is 0.482. The summed E-state index contributed by atoms with van der Waals surface area (Å²) in [6, 6.07) is 0. The minimum absolute atomic E-state index is 0.129. The van der Waals surface area contributed by atoms with Gasteiger partial charge in [0.05, 0.1) is 3.57 Å². The molecule has 0 spiro atoms. The average Bonchev–Trinajstić information content (AvgIpc) is 2.52. The Morgan fingerprint density at radius 1 is 1.73 bits per heavy atom. The van der Waals surface area contributed by atoms with Gasteiger partial charge >= 0.3 is 0 Å². The molecule has 0 aliphatic heterocycles. The first-order valence-corrected chi connectivity index (χ1v) is 5.69. The van der Waals surface area contributed by atoms with Crippen molar-refractivity contribution in [1.29, 1.82) is 0 Å². The standard InChI is InChI=1S/C9H14IN3O2/c1-13-6-7(10)8(12-13)9(14)11-4-3-5-15-2/h6H,3-5H2,1-2H3,(H,11,14). The summed E-state index contributed by atoms with van der Waals surface area (Å²) >= 11 is 2.10. The molecule has 1 aromatic rings. The lowest BCUT2D eigenvalue weighted by molar-refractivity contribution is 0.0942. The van der Waals surface area contributed by atoms with Crippen LogP contribution in [0.5, 0.6) is 0 Å². The average molecular weight is 323 g/mol. The van der Waals surface area contributed by atoms with E-state index in [2.05, 4.69) is 33.0 Å². The predicted octanol–water partition coefficient (Wildman–Crippen LogP) is 0.791. The number of halogens is 1. The molecule has 6 heteroatoms. The highest BCUT2D eigenvalue weighted by Crippen LogP contribution is 2.08. The molecule has 0 aromatic carbocycles. The summed E-state index contributed by atoms with van der Waals surface area (Å²) in [6.07, 6.45) is 2.62. The number of rotatable bonds is 5. The van der Waals surface area contributed by atoms with Crippen molar-refractivity contribution in [3.63, 3.8) is 0 Å². The van der Waals surface area contributed by atoms with Crippen LogP contribution in [0.2, 0.25) is 0 Å². The number of carbonyl (C=O) groups is 1. The number of methoxy groups -OCH3 is 1. The smallest absolute Gasteiger partial charge is 0.272 e. The van der Waals surface area contributed by atoms with E-state index in [-0.39, 0.29) is 5.91 Å². The molecule has 0 aliphatic rings. The van der Waals surface area contributed by atoms with Crippen LogP contribution in [0.15, 0.2) is 6.20 Å². The van der Waals surface area contributed by atoms with Crippen molar-refractivity contribution >= 4 is 28.5 Å². The third-order valence-corrected chi connectivity index (χ3v) is 2.60. The molecule has 0 atom stereocenters. The Bertz CT molecular complexity index is 338. The number of aromatic nitrogens is 2. The van der Waals surface area contributed by atoms with Gasteiger partial charge in [0.1, 0.15) is 0 Å². The molecule has 1 aromatic heterocycles. The van der Waals surface area contributed by atoms with E-state index in [0.717, 1.165) is 9.99 Å². The van der Waals surface area contributed by atoms with E-state index in [1.165, 1.54) is 0 Å². The van der Waals surface area contributed by atoms with E-state index in [0.29, 0.717) is 18.8 Å². The second-order valence-electron chi connectivity index (χ2n) is 3.10. The van der Waals surface area contributed by atoms with Crippen molar-refractivity contribution in [2.75, 3.05) is 20.3 Å². The van der Waals surface area contributed by atoms with Crippen LogP contribution in [-0.2, 0) is 11.8 Å². The minimum atomic E-state index is -0.129. The first-order chi connectivity index (χ1) is 7.15. The number of hydrogen-bond acceptors (Lipinski definition) is 3. The Labute approximate surface area is 102 Å². The lowest BCUT2D eigenvalue weighted by Crippen LogP contribution is -2.26. The molecule has 0 aliphatic carbocycles. The number of amides is 1. The first kappa shape index (κ1) is 12.4. The normalized spacial score (nSPS) is 10.3. The Morgan fingerprint density at radius 2 is 2.47 bits per heavy atom.